The van der Waals surface area contributed by atoms with Gasteiger partial charge in [0.2, 0.25) is 5.91 Å². The smallest absolute Gasteiger partial charge is 0.324 e. The third-order valence-electron chi connectivity index (χ3n) is 4.48. The summed E-state index contributed by atoms with van der Waals surface area (Å²) in [5.74, 6) is -3.40. The zero-order valence-electron chi connectivity index (χ0n) is 14.5. The van der Waals surface area contributed by atoms with E-state index in [-0.39, 0.29) is 5.69 Å². The van der Waals surface area contributed by atoms with E-state index in [0.29, 0.717) is 12.0 Å². The molecule has 1 saturated heterocycles. The molecule has 0 radical (unpaired) electrons. The van der Waals surface area contributed by atoms with Gasteiger partial charge in [-0.05, 0) is 24.1 Å². The molecule has 1 aliphatic rings. The summed E-state index contributed by atoms with van der Waals surface area (Å²) >= 11 is 0. The van der Waals surface area contributed by atoms with Crippen molar-refractivity contribution >= 4 is 23.5 Å². The first-order chi connectivity index (χ1) is 12.9. The number of carbonyl (C=O) groups excluding carboxylic acids is 3. The zero-order chi connectivity index (χ0) is 19.6. The third-order valence-corrected chi connectivity index (χ3v) is 4.48. The van der Waals surface area contributed by atoms with Crippen LogP contribution in [0.1, 0.15) is 18.9 Å². The summed E-state index contributed by atoms with van der Waals surface area (Å²) in [5.41, 5.74) is -0.592. The minimum atomic E-state index is -1.24. The quantitative estimate of drug-likeness (QED) is 0.791. The van der Waals surface area contributed by atoms with E-state index in [2.05, 4.69) is 10.6 Å². The number of imide groups is 1. The molecule has 8 heteroatoms. The number of carbonyl (C=O) groups is 3. The molecule has 2 aromatic carbocycles. The van der Waals surface area contributed by atoms with Crippen LogP contribution < -0.4 is 10.6 Å². The number of rotatable bonds is 5. The lowest BCUT2D eigenvalue weighted by Crippen LogP contribution is -2.44. The second-order valence-electron chi connectivity index (χ2n) is 6.12. The van der Waals surface area contributed by atoms with Crippen LogP contribution in [-0.4, -0.2) is 29.3 Å². The van der Waals surface area contributed by atoms with Crippen molar-refractivity contribution in [1.82, 2.24) is 10.2 Å². The Kier molecular flexibility index (Phi) is 4.89. The molecule has 2 N–H and O–H groups in total. The Morgan fingerprint density at radius 3 is 2.44 bits per heavy atom. The molecule has 27 heavy (non-hydrogen) atoms. The van der Waals surface area contributed by atoms with Crippen LogP contribution in [0.15, 0.2) is 48.5 Å². The second kappa shape index (κ2) is 7.14. The Labute approximate surface area is 154 Å². The van der Waals surface area contributed by atoms with E-state index in [1.807, 2.05) is 0 Å². The zero-order valence-corrected chi connectivity index (χ0v) is 14.5. The summed E-state index contributed by atoms with van der Waals surface area (Å²) in [6.07, 6.45) is 0.308. The van der Waals surface area contributed by atoms with Crippen molar-refractivity contribution in [3.05, 3.63) is 65.7 Å². The van der Waals surface area contributed by atoms with E-state index in [0.717, 1.165) is 17.0 Å². The summed E-state index contributed by atoms with van der Waals surface area (Å²) in [7, 11) is 0. The average molecular weight is 373 g/mol. The predicted molar refractivity (Wildman–Crippen MR) is 93.6 cm³/mol. The first-order valence-corrected chi connectivity index (χ1v) is 8.32. The van der Waals surface area contributed by atoms with Gasteiger partial charge in [0.05, 0.1) is 0 Å². The van der Waals surface area contributed by atoms with Crippen molar-refractivity contribution in [1.29, 1.82) is 0 Å². The Morgan fingerprint density at radius 2 is 1.81 bits per heavy atom. The van der Waals surface area contributed by atoms with Crippen molar-refractivity contribution in [2.75, 3.05) is 11.9 Å². The summed E-state index contributed by atoms with van der Waals surface area (Å²) < 4.78 is 26.2. The molecule has 0 spiro atoms. The molecule has 3 rings (SSSR count). The molecule has 1 atom stereocenters. The number of nitrogens with zero attached hydrogens (tertiary/aromatic N) is 1. The van der Waals surface area contributed by atoms with Crippen LogP contribution in [0.25, 0.3) is 0 Å². The van der Waals surface area contributed by atoms with E-state index < -0.39 is 41.6 Å². The monoisotopic (exact) mass is 373 g/mol. The minimum absolute atomic E-state index is 0.0239. The van der Waals surface area contributed by atoms with Crippen LogP contribution in [-0.2, 0) is 15.1 Å². The maximum absolute atomic E-state index is 13.2. The molecular weight excluding hydrogens is 356 g/mol. The van der Waals surface area contributed by atoms with Gasteiger partial charge in [-0.3, -0.25) is 14.5 Å². The van der Waals surface area contributed by atoms with Crippen molar-refractivity contribution in [2.24, 2.45) is 0 Å². The number of amides is 4. The van der Waals surface area contributed by atoms with Gasteiger partial charge < -0.3 is 10.6 Å². The minimum Gasteiger partial charge on any atom is -0.324 e. The number of anilines is 1. The summed E-state index contributed by atoms with van der Waals surface area (Å²) in [4.78, 5) is 38.2. The second-order valence-corrected chi connectivity index (χ2v) is 6.12. The van der Waals surface area contributed by atoms with E-state index in [9.17, 15) is 23.2 Å². The van der Waals surface area contributed by atoms with Crippen LogP contribution in [0.2, 0.25) is 0 Å². The fourth-order valence-electron chi connectivity index (χ4n) is 3.05. The molecule has 2 aromatic rings. The standard InChI is InChI=1S/C19H17F2N3O3/c1-2-19(12-6-4-3-5-7-12)17(26)24(18(27)23-19)11-16(25)22-13-8-9-14(20)15(21)10-13/h3-10H,2,11H2,1H3,(H,22,25)(H,23,27). The predicted octanol–water partition coefficient (Wildman–Crippen LogP) is 2.76. The Hall–Kier alpha value is -3.29. The molecule has 6 nitrogen and oxygen atoms in total. The molecule has 0 aromatic heterocycles. The molecular formula is C19H17F2N3O3. The van der Waals surface area contributed by atoms with E-state index in [1.54, 1.807) is 37.3 Å². The molecule has 0 bridgehead atoms. The molecule has 4 amide bonds. The van der Waals surface area contributed by atoms with Gasteiger partial charge in [-0.1, -0.05) is 37.3 Å². The molecule has 140 valence electrons. The number of hydrogen-bond donors (Lipinski definition) is 2. The molecule has 1 unspecified atom stereocenters. The molecule has 0 aliphatic carbocycles. The summed E-state index contributed by atoms with van der Waals surface area (Å²) in [6.45, 7) is 1.22. The van der Waals surface area contributed by atoms with Gasteiger partial charge in [-0.15, -0.1) is 0 Å². The van der Waals surface area contributed by atoms with Crippen LogP contribution in [0.3, 0.4) is 0 Å². The third kappa shape index (κ3) is 3.38. The van der Waals surface area contributed by atoms with Crippen molar-refractivity contribution in [3.63, 3.8) is 0 Å². The van der Waals surface area contributed by atoms with Crippen LogP contribution >= 0.6 is 0 Å². The highest BCUT2D eigenvalue weighted by Gasteiger charge is 2.51. The van der Waals surface area contributed by atoms with Gasteiger partial charge >= 0.3 is 6.03 Å². The van der Waals surface area contributed by atoms with Gasteiger partial charge in [0.1, 0.15) is 12.1 Å². The lowest BCUT2D eigenvalue weighted by Gasteiger charge is -2.25. The largest absolute Gasteiger partial charge is 0.325 e. The highest BCUT2D eigenvalue weighted by atomic mass is 19.2. The summed E-state index contributed by atoms with van der Waals surface area (Å²) in [6, 6.07) is 10.9. The summed E-state index contributed by atoms with van der Waals surface area (Å²) in [5, 5.41) is 5.01. The maximum atomic E-state index is 13.2. The van der Waals surface area contributed by atoms with Crippen molar-refractivity contribution in [2.45, 2.75) is 18.9 Å². The molecule has 1 aliphatic heterocycles. The molecule has 1 heterocycles. The van der Waals surface area contributed by atoms with E-state index in [4.69, 9.17) is 0 Å². The van der Waals surface area contributed by atoms with Gasteiger partial charge in [0.15, 0.2) is 11.6 Å². The highest BCUT2D eigenvalue weighted by molar-refractivity contribution is 6.10. The van der Waals surface area contributed by atoms with Crippen molar-refractivity contribution in [3.8, 4) is 0 Å². The van der Waals surface area contributed by atoms with Crippen LogP contribution in [0, 0.1) is 11.6 Å². The first-order valence-electron chi connectivity index (χ1n) is 8.32. The Bertz CT molecular complexity index is 904. The lowest BCUT2D eigenvalue weighted by molar-refractivity contribution is -0.134. The topological polar surface area (TPSA) is 78.5 Å². The SMILES string of the molecule is CCC1(c2ccccc2)NC(=O)N(CC(=O)Nc2ccc(F)c(F)c2)C1=O. The van der Waals surface area contributed by atoms with Crippen LogP contribution in [0.5, 0.6) is 0 Å². The number of halogens is 2. The lowest BCUT2D eigenvalue weighted by atomic mass is 9.87. The fourth-order valence-corrected chi connectivity index (χ4v) is 3.05. The van der Waals surface area contributed by atoms with Gasteiger partial charge in [0, 0.05) is 11.8 Å². The maximum Gasteiger partial charge on any atom is 0.325 e. The van der Waals surface area contributed by atoms with E-state index in [1.165, 1.54) is 6.07 Å². The molecule has 1 fully saturated rings. The Morgan fingerprint density at radius 1 is 1.11 bits per heavy atom. The number of hydrogen-bond acceptors (Lipinski definition) is 3. The van der Waals surface area contributed by atoms with Gasteiger partial charge in [0.25, 0.3) is 5.91 Å². The number of urea groups is 1. The normalized spacial score (nSPS) is 19.1. The first kappa shape index (κ1) is 18.5. The Balaban J connectivity index is 1.77. The van der Waals surface area contributed by atoms with E-state index >= 15 is 0 Å². The van der Waals surface area contributed by atoms with Gasteiger partial charge in [-0.2, -0.15) is 0 Å². The van der Waals surface area contributed by atoms with Gasteiger partial charge in [-0.25, -0.2) is 13.6 Å². The molecule has 0 saturated carbocycles. The number of nitrogens with one attached hydrogen (secondary N) is 2. The fraction of sp³-hybridized carbons (Fsp3) is 0.211. The van der Waals surface area contributed by atoms with Crippen molar-refractivity contribution < 1.29 is 23.2 Å². The number of benzene rings is 2. The average Bonchev–Trinajstić information content (AvgIpc) is 2.90. The highest BCUT2D eigenvalue weighted by Crippen LogP contribution is 2.32. The van der Waals surface area contributed by atoms with Crippen LogP contribution in [0.4, 0.5) is 19.3 Å².